The van der Waals surface area contributed by atoms with Crippen LogP contribution in [0.15, 0.2) is 11.6 Å². The van der Waals surface area contributed by atoms with Crippen molar-refractivity contribution >= 4 is 5.97 Å². The van der Waals surface area contributed by atoms with Crippen LogP contribution in [-0.4, -0.2) is 41.3 Å². The van der Waals surface area contributed by atoms with Gasteiger partial charge in [0.25, 0.3) is 0 Å². The Morgan fingerprint density at radius 3 is 2.12 bits per heavy atom. The molecule has 1 N–H and O–H groups in total. The molecule has 6 aliphatic rings. The van der Waals surface area contributed by atoms with Crippen LogP contribution in [0.25, 0.3) is 0 Å². The molecule has 0 radical (unpaired) electrons. The molecule has 280 valence electrons. The van der Waals surface area contributed by atoms with E-state index in [1.165, 1.54) is 83.5 Å². The quantitative estimate of drug-likeness (QED) is 0.0806. The molecule has 5 nitrogen and oxygen atoms in total. The first kappa shape index (κ1) is 37.8. The maximum absolute atomic E-state index is 13.1. The first-order valence-electron chi connectivity index (χ1n) is 21.1. The summed E-state index contributed by atoms with van der Waals surface area (Å²) < 4.78 is 18.5. The third-order valence-corrected chi connectivity index (χ3v) is 16.2. The van der Waals surface area contributed by atoms with Crippen molar-refractivity contribution in [3.05, 3.63) is 11.6 Å². The van der Waals surface area contributed by atoms with Gasteiger partial charge in [-0.25, -0.2) is 0 Å². The number of carbonyl (C=O) groups excluding carboxylic acids is 1. The van der Waals surface area contributed by atoms with E-state index in [1.54, 1.807) is 5.57 Å². The van der Waals surface area contributed by atoms with Crippen molar-refractivity contribution in [3.8, 4) is 0 Å². The summed E-state index contributed by atoms with van der Waals surface area (Å²) in [5.74, 6) is 1.79. The molecule has 0 bridgehead atoms. The smallest absolute Gasteiger partial charge is 0.306 e. The van der Waals surface area contributed by atoms with Crippen molar-refractivity contribution in [2.45, 2.75) is 214 Å². The van der Waals surface area contributed by atoms with Crippen molar-refractivity contribution in [2.24, 2.45) is 45.3 Å². The second kappa shape index (κ2) is 14.5. The lowest BCUT2D eigenvalue weighted by Gasteiger charge is -2.64. The second-order valence-corrected chi connectivity index (χ2v) is 19.7. The average molecular weight is 683 g/mol. The van der Waals surface area contributed by atoms with Crippen LogP contribution in [0.4, 0.5) is 0 Å². The maximum atomic E-state index is 13.1. The van der Waals surface area contributed by atoms with Crippen LogP contribution in [0.1, 0.15) is 184 Å². The third-order valence-electron chi connectivity index (χ3n) is 16.2. The molecule has 3 saturated carbocycles. The van der Waals surface area contributed by atoms with Gasteiger partial charge in [-0.1, -0.05) is 117 Å². The van der Waals surface area contributed by atoms with E-state index in [1.807, 2.05) is 0 Å². The standard InChI is InChI=1S/C44H74O5/c1-9-10-11-12-13-14-15-16-17-18-19-20-37(45)48-36-25-26-42(6)32-24-28-43(7)31(30-29-34(47-39(30)46)38-41(4,5)49-38)23-27-44(43,8)33(32)21-22-35(42)40(36,2)3/h21,30-32,34-36,38-39,46H,9-20,22-29H2,1-8H3. The summed E-state index contributed by atoms with van der Waals surface area (Å²) in [5.41, 5.74) is 2.11. The second-order valence-electron chi connectivity index (χ2n) is 19.7. The molecule has 0 aromatic carbocycles. The molecule has 11 atom stereocenters. The SMILES string of the molecule is CCCCCCCCCCCCCC(=O)OC1CCC2(C)C3CCC4(C)C(C5CC(C6OC6(C)C)OC5O)CCC4(C)C3=CCC2C1(C)C. The summed E-state index contributed by atoms with van der Waals surface area (Å²) >= 11 is 0. The van der Waals surface area contributed by atoms with Crippen molar-refractivity contribution in [2.75, 3.05) is 0 Å². The number of aliphatic hydroxyl groups is 1. The Bertz CT molecular complexity index is 1190. The third kappa shape index (κ3) is 6.98. The molecule has 11 unspecified atom stereocenters. The molecule has 49 heavy (non-hydrogen) atoms. The number of allylic oxidation sites excluding steroid dienone is 2. The van der Waals surface area contributed by atoms with Gasteiger partial charge in [-0.2, -0.15) is 0 Å². The largest absolute Gasteiger partial charge is 0.462 e. The maximum Gasteiger partial charge on any atom is 0.306 e. The fourth-order valence-electron chi connectivity index (χ4n) is 12.9. The highest BCUT2D eigenvalue weighted by Crippen LogP contribution is 2.74. The van der Waals surface area contributed by atoms with Gasteiger partial charge < -0.3 is 19.3 Å². The predicted octanol–water partition coefficient (Wildman–Crippen LogP) is 11.1. The Hall–Kier alpha value is -0.910. The van der Waals surface area contributed by atoms with Crippen molar-refractivity contribution in [1.29, 1.82) is 0 Å². The number of hydrogen-bond acceptors (Lipinski definition) is 5. The minimum Gasteiger partial charge on any atom is -0.462 e. The molecule has 2 heterocycles. The van der Waals surface area contributed by atoms with Crippen molar-refractivity contribution in [3.63, 3.8) is 0 Å². The fraction of sp³-hybridized carbons (Fsp3) is 0.932. The van der Waals surface area contributed by atoms with E-state index < -0.39 is 6.29 Å². The molecule has 2 aliphatic heterocycles. The van der Waals surface area contributed by atoms with E-state index in [-0.39, 0.29) is 57.5 Å². The van der Waals surface area contributed by atoms with Crippen LogP contribution >= 0.6 is 0 Å². The van der Waals surface area contributed by atoms with E-state index >= 15 is 0 Å². The van der Waals surface area contributed by atoms with Gasteiger partial charge in [0.2, 0.25) is 0 Å². The Morgan fingerprint density at radius 2 is 1.49 bits per heavy atom. The molecule has 4 aliphatic carbocycles. The van der Waals surface area contributed by atoms with Crippen LogP contribution in [0.3, 0.4) is 0 Å². The first-order valence-corrected chi connectivity index (χ1v) is 21.1. The van der Waals surface area contributed by atoms with Crippen LogP contribution in [0.2, 0.25) is 0 Å². The van der Waals surface area contributed by atoms with Gasteiger partial charge in [0.1, 0.15) is 12.2 Å². The van der Waals surface area contributed by atoms with Gasteiger partial charge in [-0.3, -0.25) is 4.79 Å². The number of unbranched alkanes of at least 4 members (excludes halogenated alkanes) is 10. The lowest BCUT2D eigenvalue weighted by atomic mass is 9.41. The van der Waals surface area contributed by atoms with Gasteiger partial charge in [0.05, 0.1) is 11.7 Å². The summed E-state index contributed by atoms with van der Waals surface area (Å²) in [5, 5.41) is 11.2. The average Bonchev–Trinajstić information content (AvgIpc) is 3.37. The number of aliphatic hydroxyl groups excluding tert-OH is 1. The van der Waals surface area contributed by atoms with Crippen LogP contribution in [-0.2, 0) is 19.0 Å². The molecule has 5 heteroatoms. The number of fused-ring (bicyclic) bond motifs is 5. The minimum absolute atomic E-state index is 0.0123. The zero-order valence-corrected chi connectivity index (χ0v) is 32.9. The zero-order valence-electron chi connectivity index (χ0n) is 32.9. The fourth-order valence-corrected chi connectivity index (χ4v) is 12.9. The summed E-state index contributed by atoms with van der Waals surface area (Å²) in [7, 11) is 0. The van der Waals surface area contributed by atoms with Crippen molar-refractivity contribution in [1.82, 2.24) is 0 Å². The zero-order chi connectivity index (χ0) is 35.2. The molecule has 0 aromatic heterocycles. The highest BCUT2D eigenvalue weighted by Gasteiger charge is 2.67. The normalized spacial score (nSPS) is 43.3. The van der Waals surface area contributed by atoms with Gasteiger partial charge in [-0.05, 0) is 106 Å². The molecular formula is C44H74O5. The lowest BCUT2D eigenvalue weighted by Crippen LogP contribution is -2.58. The Morgan fingerprint density at radius 1 is 0.857 bits per heavy atom. The Kier molecular flexibility index (Phi) is 11.2. The van der Waals surface area contributed by atoms with E-state index in [0.29, 0.717) is 24.2 Å². The van der Waals surface area contributed by atoms with E-state index in [4.69, 9.17) is 14.2 Å². The molecule has 0 aromatic rings. The van der Waals surface area contributed by atoms with Crippen LogP contribution in [0.5, 0.6) is 0 Å². The van der Waals surface area contributed by atoms with E-state index in [2.05, 4.69) is 61.5 Å². The van der Waals surface area contributed by atoms with Crippen LogP contribution in [0, 0.1) is 45.3 Å². The number of rotatable bonds is 15. The first-order chi connectivity index (χ1) is 23.2. The van der Waals surface area contributed by atoms with Gasteiger partial charge in [0.15, 0.2) is 6.29 Å². The summed E-state index contributed by atoms with van der Waals surface area (Å²) in [6, 6.07) is 0. The number of esters is 1. The van der Waals surface area contributed by atoms with Gasteiger partial charge >= 0.3 is 5.97 Å². The summed E-state index contributed by atoms with van der Waals surface area (Å²) in [6.45, 7) is 19.1. The number of hydrogen-bond donors (Lipinski definition) is 1. The molecule has 0 spiro atoms. The molecule has 6 rings (SSSR count). The molecular weight excluding hydrogens is 608 g/mol. The highest BCUT2D eigenvalue weighted by molar-refractivity contribution is 5.69. The summed E-state index contributed by atoms with van der Waals surface area (Å²) in [6.07, 6.45) is 25.9. The van der Waals surface area contributed by atoms with Crippen molar-refractivity contribution < 1.29 is 24.1 Å². The monoisotopic (exact) mass is 683 g/mol. The van der Waals surface area contributed by atoms with Gasteiger partial charge in [0, 0.05) is 17.8 Å². The van der Waals surface area contributed by atoms with E-state index in [9.17, 15) is 9.90 Å². The van der Waals surface area contributed by atoms with Gasteiger partial charge in [-0.15, -0.1) is 0 Å². The number of epoxide rings is 1. The van der Waals surface area contributed by atoms with Crippen LogP contribution < -0.4 is 0 Å². The molecule has 2 saturated heterocycles. The minimum atomic E-state index is -0.678. The van der Waals surface area contributed by atoms with E-state index in [0.717, 1.165) is 38.5 Å². The molecule has 5 fully saturated rings. The number of carbonyl (C=O) groups is 1. The Balaban J connectivity index is 1.03. The Labute approximate surface area is 300 Å². The summed E-state index contributed by atoms with van der Waals surface area (Å²) in [4.78, 5) is 13.1. The lowest BCUT2D eigenvalue weighted by molar-refractivity contribution is -0.177. The highest BCUT2D eigenvalue weighted by atomic mass is 16.7. The number of ether oxygens (including phenoxy) is 3. The molecule has 0 amide bonds. The predicted molar refractivity (Wildman–Crippen MR) is 198 cm³/mol. The topological polar surface area (TPSA) is 68.3 Å².